The van der Waals surface area contributed by atoms with Crippen LogP contribution in [0.3, 0.4) is 0 Å². The first-order chi connectivity index (χ1) is 10.6. The molecule has 0 saturated heterocycles. The van der Waals surface area contributed by atoms with Crippen molar-refractivity contribution < 1.29 is 14.6 Å². The average Bonchev–Trinajstić information content (AvgIpc) is 2.96. The molecular weight excluding hydrogens is 276 g/mol. The predicted octanol–water partition coefficient (Wildman–Crippen LogP) is 3.69. The Kier molecular flexibility index (Phi) is 4.14. The Morgan fingerprint density at radius 2 is 2.09 bits per heavy atom. The fourth-order valence-corrected chi connectivity index (χ4v) is 3.09. The number of carboxylic acid groups (broad SMARTS) is 1. The van der Waals surface area contributed by atoms with E-state index in [0.717, 1.165) is 35.3 Å². The molecule has 3 heteroatoms. The van der Waals surface area contributed by atoms with Gasteiger partial charge in [-0.3, -0.25) is 4.79 Å². The predicted molar refractivity (Wildman–Crippen MR) is 85.3 cm³/mol. The van der Waals surface area contributed by atoms with Crippen LogP contribution in [0.4, 0.5) is 0 Å². The Morgan fingerprint density at radius 1 is 1.23 bits per heavy atom. The molecule has 2 aromatic rings. The number of benzene rings is 2. The lowest BCUT2D eigenvalue weighted by Crippen LogP contribution is -2.04. The Morgan fingerprint density at radius 3 is 2.86 bits per heavy atom. The van der Waals surface area contributed by atoms with Gasteiger partial charge in [-0.05, 0) is 60.1 Å². The lowest BCUT2D eigenvalue weighted by Gasteiger charge is -2.12. The van der Waals surface area contributed by atoms with Gasteiger partial charge >= 0.3 is 5.97 Å². The third-order valence-corrected chi connectivity index (χ3v) is 4.25. The molecule has 22 heavy (non-hydrogen) atoms. The van der Waals surface area contributed by atoms with E-state index in [4.69, 9.17) is 9.84 Å². The Balaban J connectivity index is 1.71. The zero-order valence-electron chi connectivity index (χ0n) is 12.8. The summed E-state index contributed by atoms with van der Waals surface area (Å²) < 4.78 is 5.99. The van der Waals surface area contributed by atoms with Gasteiger partial charge in [0.05, 0.1) is 6.42 Å². The fraction of sp³-hybridized carbons (Fsp3) is 0.316. The molecule has 1 aliphatic rings. The van der Waals surface area contributed by atoms with Gasteiger partial charge in [0, 0.05) is 0 Å². The molecule has 0 atom stereocenters. The second-order valence-corrected chi connectivity index (χ2v) is 5.87. The summed E-state index contributed by atoms with van der Waals surface area (Å²) in [6.45, 7) is 2.46. The molecule has 2 aromatic carbocycles. The van der Waals surface area contributed by atoms with E-state index in [2.05, 4.69) is 12.1 Å². The molecule has 1 N–H and O–H groups in total. The number of hydrogen-bond acceptors (Lipinski definition) is 2. The van der Waals surface area contributed by atoms with Gasteiger partial charge in [0.15, 0.2) is 0 Å². The minimum Gasteiger partial charge on any atom is -0.489 e. The molecule has 3 nitrogen and oxygen atoms in total. The highest BCUT2D eigenvalue weighted by Gasteiger charge is 2.15. The quantitative estimate of drug-likeness (QED) is 0.915. The van der Waals surface area contributed by atoms with Crippen molar-refractivity contribution in [2.45, 2.75) is 39.2 Å². The minimum absolute atomic E-state index is 0.0686. The molecule has 3 rings (SSSR count). The first-order valence-corrected chi connectivity index (χ1v) is 7.67. The van der Waals surface area contributed by atoms with Crippen LogP contribution in [-0.2, 0) is 30.7 Å². The summed E-state index contributed by atoms with van der Waals surface area (Å²) >= 11 is 0. The van der Waals surface area contributed by atoms with Crippen LogP contribution in [0.25, 0.3) is 0 Å². The maximum atomic E-state index is 10.8. The van der Waals surface area contributed by atoms with Crippen LogP contribution in [0.2, 0.25) is 0 Å². The van der Waals surface area contributed by atoms with E-state index in [-0.39, 0.29) is 6.42 Å². The number of aliphatic carboxylic acids is 1. The second kappa shape index (κ2) is 6.22. The number of hydrogen-bond donors (Lipinski definition) is 1. The molecule has 0 heterocycles. The first-order valence-electron chi connectivity index (χ1n) is 7.67. The van der Waals surface area contributed by atoms with Crippen molar-refractivity contribution in [3.63, 3.8) is 0 Å². The molecule has 1 aliphatic carbocycles. The van der Waals surface area contributed by atoms with Crippen molar-refractivity contribution in [1.29, 1.82) is 0 Å². The van der Waals surface area contributed by atoms with Crippen LogP contribution in [0, 0.1) is 6.92 Å². The summed E-state index contributed by atoms with van der Waals surface area (Å²) in [4.78, 5) is 10.8. The van der Waals surface area contributed by atoms with Gasteiger partial charge in [-0.15, -0.1) is 0 Å². The van der Waals surface area contributed by atoms with Gasteiger partial charge < -0.3 is 9.84 Å². The van der Waals surface area contributed by atoms with E-state index < -0.39 is 5.97 Å². The molecule has 114 valence electrons. The molecular formula is C19H20O3. The Hall–Kier alpha value is -2.29. The van der Waals surface area contributed by atoms with Crippen molar-refractivity contribution in [3.05, 3.63) is 64.2 Å². The number of fused-ring (bicyclic) bond motifs is 1. The highest BCUT2D eigenvalue weighted by atomic mass is 16.5. The van der Waals surface area contributed by atoms with Crippen LogP contribution in [-0.4, -0.2) is 11.1 Å². The third-order valence-electron chi connectivity index (χ3n) is 4.25. The van der Waals surface area contributed by atoms with Crippen molar-refractivity contribution >= 4 is 5.97 Å². The summed E-state index contributed by atoms with van der Waals surface area (Å²) in [5.74, 6) is 0.189. The number of carboxylic acids is 1. The van der Waals surface area contributed by atoms with Crippen molar-refractivity contribution in [2.75, 3.05) is 0 Å². The number of rotatable bonds is 5. The molecule has 0 spiro atoms. The monoisotopic (exact) mass is 296 g/mol. The topological polar surface area (TPSA) is 46.5 Å². The number of aryl methyl sites for hydroxylation is 2. The van der Waals surface area contributed by atoms with Crippen LogP contribution in [0.5, 0.6) is 5.75 Å². The normalized spacial score (nSPS) is 13.0. The molecule has 0 radical (unpaired) electrons. The standard InChI is InChI=1S/C19H20O3/c1-13-10-14(8-9-16(13)11-19(20)21)12-22-18-7-3-5-15-4-2-6-17(15)18/h3,5,7-10H,2,4,6,11-12H2,1H3,(H,20,21). The summed E-state index contributed by atoms with van der Waals surface area (Å²) in [6, 6.07) is 12.1. The smallest absolute Gasteiger partial charge is 0.307 e. The minimum atomic E-state index is -0.799. The summed E-state index contributed by atoms with van der Waals surface area (Å²) in [5, 5.41) is 8.88. The largest absolute Gasteiger partial charge is 0.489 e. The summed E-state index contributed by atoms with van der Waals surface area (Å²) in [7, 11) is 0. The maximum absolute atomic E-state index is 10.8. The second-order valence-electron chi connectivity index (χ2n) is 5.87. The molecule has 0 aliphatic heterocycles. The highest BCUT2D eigenvalue weighted by molar-refractivity contribution is 5.70. The lowest BCUT2D eigenvalue weighted by molar-refractivity contribution is -0.136. The van der Waals surface area contributed by atoms with E-state index in [9.17, 15) is 4.79 Å². The van der Waals surface area contributed by atoms with Crippen molar-refractivity contribution in [2.24, 2.45) is 0 Å². The molecule has 0 aromatic heterocycles. The summed E-state index contributed by atoms with van der Waals surface area (Å²) in [5.41, 5.74) is 5.69. The van der Waals surface area contributed by atoms with Crippen molar-refractivity contribution in [1.82, 2.24) is 0 Å². The lowest BCUT2D eigenvalue weighted by atomic mass is 10.0. The van der Waals surface area contributed by atoms with Gasteiger partial charge in [-0.25, -0.2) is 0 Å². The number of carbonyl (C=O) groups is 1. The highest BCUT2D eigenvalue weighted by Crippen LogP contribution is 2.31. The number of ether oxygens (including phenoxy) is 1. The van der Waals surface area contributed by atoms with Gasteiger partial charge in [-0.2, -0.15) is 0 Å². The average molecular weight is 296 g/mol. The van der Waals surface area contributed by atoms with Crippen LogP contribution in [0.1, 0.15) is 34.2 Å². The van der Waals surface area contributed by atoms with E-state index in [0.29, 0.717) is 6.61 Å². The molecule has 0 bridgehead atoms. The van der Waals surface area contributed by atoms with E-state index in [1.54, 1.807) is 0 Å². The molecule has 0 unspecified atom stereocenters. The first kappa shape index (κ1) is 14.6. The van der Waals surface area contributed by atoms with Gasteiger partial charge in [0.2, 0.25) is 0 Å². The molecule has 0 saturated carbocycles. The van der Waals surface area contributed by atoms with E-state index in [1.165, 1.54) is 17.5 Å². The van der Waals surface area contributed by atoms with E-state index >= 15 is 0 Å². The Labute approximate surface area is 130 Å². The Bertz CT molecular complexity index is 704. The van der Waals surface area contributed by atoms with Gasteiger partial charge in [0.25, 0.3) is 0 Å². The van der Waals surface area contributed by atoms with Crippen LogP contribution in [0.15, 0.2) is 36.4 Å². The van der Waals surface area contributed by atoms with Crippen LogP contribution >= 0.6 is 0 Å². The molecule has 0 fully saturated rings. The molecule has 0 amide bonds. The SMILES string of the molecule is Cc1cc(COc2cccc3c2CCC3)ccc1CC(=O)O. The maximum Gasteiger partial charge on any atom is 0.307 e. The van der Waals surface area contributed by atoms with E-state index in [1.807, 2.05) is 31.2 Å². The van der Waals surface area contributed by atoms with Crippen LogP contribution < -0.4 is 4.74 Å². The van der Waals surface area contributed by atoms with Gasteiger partial charge in [-0.1, -0.05) is 30.3 Å². The van der Waals surface area contributed by atoms with Gasteiger partial charge in [0.1, 0.15) is 12.4 Å². The zero-order chi connectivity index (χ0) is 15.5. The fourth-order valence-electron chi connectivity index (χ4n) is 3.09. The third kappa shape index (κ3) is 3.14. The summed E-state index contributed by atoms with van der Waals surface area (Å²) in [6.07, 6.45) is 3.52. The zero-order valence-corrected chi connectivity index (χ0v) is 12.8. The van der Waals surface area contributed by atoms with Crippen molar-refractivity contribution in [3.8, 4) is 5.75 Å².